The van der Waals surface area contributed by atoms with Gasteiger partial charge in [0.1, 0.15) is 5.82 Å². The van der Waals surface area contributed by atoms with Gasteiger partial charge >= 0.3 is 0 Å². The molecule has 3 aliphatic rings. The number of hydrogen-bond acceptors (Lipinski definition) is 4. The maximum Gasteiger partial charge on any atom is 0.227 e. The Bertz CT molecular complexity index is 682. The summed E-state index contributed by atoms with van der Waals surface area (Å²) in [5.74, 6) is 1.15. The van der Waals surface area contributed by atoms with Crippen LogP contribution < -0.4 is 16.6 Å². The molecule has 5 nitrogen and oxygen atoms in total. The summed E-state index contributed by atoms with van der Waals surface area (Å²) in [5, 5.41) is 0. The highest BCUT2D eigenvalue weighted by Crippen LogP contribution is 2.48. The zero-order valence-electron chi connectivity index (χ0n) is 16.0. The Hall–Kier alpha value is -1.50. The van der Waals surface area contributed by atoms with Gasteiger partial charge in [-0.05, 0) is 68.1 Å². The second-order valence-corrected chi connectivity index (χ2v) is 8.67. The molecular weight excluding hydrogens is 343 g/mol. The second-order valence-electron chi connectivity index (χ2n) is 8.67. The molecule has 1 saturated heterocycles. The maximum atomic E-state index is 13.4. The van der Waals surface area contributed by atoms with Crippen LogP contribution in [0.4, 0.5) is 4.39 Å². The van der Waals surface area contributed by atoms with Crippen LogP contribution in [0.25, 0.3) is 0 Å². The van der Waals surface area contributed by atoms with Gasteiger partial charge < -0.3 is 10.6 Å². The van der Waals surface area contributed by atoms with Crippen LogP contribution in [0.5, 0.6) is 0 Å². The largest absolute Gasteiger partial charge is 0.345 e. The summed E-state index contributed by atoms with van der Waals surface area (Å²) in [5.41, 5.74) is 13.9. The van der Waals surface area contributed by atoms with E-state index in [1.54, 1.807) is 12.1 Å². The van der Waals surface area contributed by atoms with E-state index in [1.807, 2.05) is 18.0 Å². The minimum atomic E-state index is -0.197. The molecule has 3 fully saturated rings. The van der Waals surface area contributed by atoms with Crippen molar-refractivity contribution in [3.63, 3.8) is 0 Å². The molecule has 0 aromatic heterocycles. The Morgan fingerprint density at radius 2 is 2.07 bits per heavy atom. The number of amides is 1. The van der Waals surface area contributed by atoms with E-state index in [2.05, 4.69) is 10.9 Å². The summed E-state index contributed by atoms with van der Waals surface area (Å²) >= 11 is 0. The van der Waals surface area contributed by atoms with Gasteiger partial charge in [-0.25, -0.2) is 4.39 Å². The first-order valence-corrected chi connectivity index (χ1v) is 10.3. The molecule has 1 aromatic rings. The van der Waals surface area contributed by atoms with Gasteiger partial charge in [0.05, 0.1) is 5.92 Å². The van der Waals surface area contributed by atoms with Gasteiger partial charge in [0.15, 0.2) is 0 Å². The fourth-order valence-corrected chi connectivity index (χ4v) is 5.40. The van der Waals surface area contributed by atoms with Gasteiger partial charge in [-0.3, -0.25) is 15.6 Å². The van der Waals surface area contributed by atoms with Gasteiger partial charge in [-0.1, -0.05) is 12.1 Å². The van der Waals surface area contributed by atoms with Crippen molar-refractivity contribution in [3.05, 3.63) is 35.6 Å². The van der Waals surface area contributed by atoms with E-state index in [4.69, 9.17) is 5.73 Å². The number of fused-ring (bicyclic) bond motifs is 2. The lowest BCUT2D eigenvalue weighted by molar-refractivity contribution is -0.136. The first-order valence-electron chi connectivity index (χ1n) is 10.3. The maximum absolute atomic E-state index is 13.4. The van der Waals surface area contributed by atoms with Crippen LogP contribution in [-0.4, -0.2) is 36.5 Å². The Morgan fingerprint density at radius 3 is 2.81 bits per heavy atom. The zero-order chi connectivity index (χ0) is 19.0. The Kier molecular flexibility index (Phi) is 5.48. The molecule has 2 aliphatic carbocycles. The average Bonchev–Trinajstić information content (AvgIpc) is 3.37. The third-order valence-corrected chi connectivity index (χ3v) is 6.92. The topological polar surface area (TPSA) is 70.4 Å². The average molecular weight is 375 g/mol. The van der Waals surface area contributed by atoms with Gasteiger partial charge in [0.25, 0.3) is 0 Å². The van der Waals surface area contributed by atoms with Crippen LogP contribution in [0.1, 0.15) is 50.1 Å². The Morgan fingerprint density at radius 1 is 1.26 bits per heavy atom. The van der Waals surface area contributed by atoms with Crippen molar-refractivity contribution in [2.45, 2.75) is 56.7 Å². The molecule has 6 atom stereocenters. The molecule has 27 heavy (non-hydrogen) atoms. The van der Waals surface area contributed by atoms with E-state index in [0.29, 0.717) is 17.9 Å². The number of benzene rings is 1. The number of halogens is 1. The fourth-order valence-electron chi connectivity index (χ4n) is 5.40. The van der Waals surface area contributed by atoms with E-state index in [-0.39, 0.29) is 29.7 Å². The number of hydrazine groups is 1. The SMILES string of the molecule is CN(CCCC1CC(c2cccc(F)c2)NN1)C(=O)C1C2CCC(C2)C1N. The normalized spacial score (nSPS) is 34.9. The van der Waals surface area contributed by atoms with Crippen LogP contribution in [0.15, 0.2) is 24.3 Å². The van der Waals surface area contributed by atoms with Gasteiger partial charge in [-0.15, -0.1) is 0 Å². The zero-order valence-corrected chi connectivity index (χ0v) is 16.0. The van der Waals surface area contributed by atoms with Crippen molar-refractivity contribution in [2.75, 3.05) is 13.6 Å². The number of rotatable bonds is 6. The van der Waals surface area contributed by atoms with Crippen molar-refractivity contribution >= 4 is 5.91 Å². The van der Waals surface area contributed by atoms with E-state index >= 15 is 0 Å². The summed E-state index contributed by atoms with van der Waals surface area (Å²) in [7, 11) is 1.91. The summed E-state index contributed by atoms with van der Waals surface area (Å²) in [4.78, 5) is 14.7. The highest BCUT2D eigenvalue weighted by molar-refractivity contribution is 5.80. The number of hydrogen-bond donors (Lipinski definition) is 3. The number of nitrogens with one attached hydrogen (secondary N) is 2. The number of carbonyl (C=O) groups is 1. The van der Waals surface area contributed by atoms with Crippen LogP contribution in [0.3, 0.4) is 0 Å². The number of nitrogens with two attached hydrogens (primary N) is 1. The quantitative estimate of drug-likeness (QED) is 0.715. The Balaban J connectivity index is 1.21. The molecule has 1 heterocycles. The van der Waals surface area contributed by atoms with E-state index in [1.165, 1.54) is 18.9 Å². The monoisotopic (exact) mass is 374 g/mol. The molecule has 6 unspecified atom stereocenters. The first kappa shape index (κ1) is 18.8. The lowest BCUT2D eigenvalue weighted by atomic mass is 9.84. The summed E-state index contributed by atoms with van der Waals surface area (Å²) in [6.45, 7) is 0.766. The highest BCUT2D eigenvalue weighted by atomic mass is 19.1. The smallest absolute Gasteiger partial charge is 0.227 e. The van der Waals surface area contributed by atoms with Crippen molar-refractivity contribution < 1.29 is 9.18 Å². The molecule has 6 heteroatoms. The van der Waals surface area contributed by atoms with Crippen molar-refractivity contribution in [3.8, 4) is 0 Å². The van der Waals surface area contributed by atoms with Crippen LogP contribution in [0, 0.1) is 23.6 Å². The van der Waals surface area contributed by atoms with Gasteiger partial charge in [-0.2, -0.15) is 0 Å². The molecule has 0 spiro atoms. The molecule has 148 valence electrons. The predicted molar refractivity (Wildman–Crippen MR) is 103 cm³/mol. The molecule has 0 radical (unpaired) electrons. The van der Waals surface area contributed by atoms with E-state index in [0.717, 1.165) is 37.8 Å². The number of carbonyl (C=O) groups excluding carboxylic acids is 1. The second kappa shape index (κ2) is 7.86. The summed E-state index contributed by atoms with van der Waals surface area (Å²) in [6, 6.07) is 7.30. The lowest BCUT2D eigenvalue weighted by Gasteiger charge is -2.31. The minimum Gasteiger partial charge on any atom is -0.345 e. The Labute approximate surface area is 160 Å². The minimum absolute atomic E-state index is 0.0392. The number of nitrogens with zero attached hydrogens (tertiary/aromatic N) is 1. The molecule has 4 rings (SSSR count). The lowest BCUT2D eigenvalue weighted by Crippen LogP contribution is -2.46. The van der Waals surface area contributed by atoms with Crippen molar-refractivity contribution in [1.82, 2.24) is 15.8 Å². The van der Waals surface area contributed by atoms with E-state index < -0.39 is 0 Å². The predicted octanol–water partition coefficient (Wildman–Crippen LogP) is 2.35. The van der Waals surface area contributed by atoms with Crippen LogP contribution in [-0.2, 0) is 4.79 Å². The van der Waals surface area contributed by atoms with Gasteiger partial charge in [0, 0.05) is 31.7 Å². The fraction of sp³-hybridized carbons (Fsp3) is 0.667. The van der Waals surface area contributed by atoms with Gasteiger partial charge in [0.2, 0.25) is 5.91 Å². The molecule has 1 amide bonds. The molecular formula is C21H31FN4O. The van der Waals surface area contributed by atoms with Crippen molar-refractivity contribution in [2.24, 2.45) is 23.5 Å². The third kappa shape index (κ3) is 3.89. The molecule has 1 aromatic carbocycles. The molecule has 2 bridgehead atoms. The molecule has 2 saturated carbocycles. The standard InChI is InChI=1S/C21H31FN4O/c1-26(21(27)19-14-7-8-15(10-14)20(19)23)9-3-6-17-12-18(25-24-17)13-4-2-5-16(22)11-13/h2,4-5,11,14-15,17-20,24-25H,3,6-10,12,23H2,1H3. The summed E-state index contributed by atoms with van der Waals surface area (Å²) in [6.07, 6.45) is 6.38. The highest BCUT2D eigenvalue weighted by Gasteiger charge is 2.49. The van der Waals surface area contributed by atoms with Crippen LogP contribution in [0.2, 0.25) is 0 Å². The van der Waals surface area contributed by atoms with Crippen molar-refractivity contribution in [1.29, 1.82) is 0 Å². The molecule has 4 N–H and O–H groups in total. The first-order chi connectivity index (χ1) is 13.0. The third-order valence-electron chi connectivity index (χ3n) is 6.92. The van der Waals surface area contributed by atoms with E-state index in [9.17, 15) is 9.18 Å². The molecule has 1 aliphatic heterocycles. The van der Waals surface area contributed by atoms with Crippen LogP contribution >= 0.6 is 0 Å². The summed E-state index contributed by atoms with van der Waals surface area (Å²) < 4.78 is 13.4.